The van der Waals surface area contributed by atoms with Crippen LogP contribution >= 0.6 is 23.2 Å². The first-order valence-corrected chi connectivity index (χ1v) is 14.0. The number of rotatable bonds is 7. The van der Waals surface area contributed by atoms with Crippen molar-refractivity contribution < 1.29 is 18.0 Å². The summed E-state index contributed by atoms with van der Waals surface area (Å²) in [7, 11) is -4.03. The molecule has 4 aromatic rings. The summed E-state index contributed by atoms with van der Waals surface area (Å²) in [5.41, 5.74) is 2.45. The molecule has 0 unspecified atom stereocenters. The van der Waals surface area contributed by atoms with E-state index in [9.17, 15) is 18.0 Å². The van der Waals surface area contributed by atoms with E-state index in [2.05, 4.69) is 4.98 Å². The molecular formula is C27H23Cl2N3O4S. The molecule has 0 bridgehead atoms. The maximum Gasteiger partial charge on any atom is 0.269 e. The molecule has 0 aliphatic carbocycles. The fourth-order valence-electron chi connectivity index (χ4n) is 4.49. The van der Waals surface area contributed by atoms with Crippen LogP contribution in [0.3, 0.4) is 0 Å². The second kappa shape index (κ2) is 9.59. The van der Waals surface area contributed by atoms with Crippen LogP contribution in [0.1, 0.15) is 58.3 Å². The molecule has 0 N–H and O–H groups in total. The molecule has 1 aliphatic rings. The number of halogens is 2. The van der Waals surface area contributed by atoms with E-state index in [0.29, 0.717) is 28.6 Å². The first kappa shape index (κ1) is 25.4. The Hall–Kier alpha value is -3.20. The van der Waals surface area contributed by atoms with E-state index in [4.69, 9.17) is 23.2 Å². The van der Waals surface area contributed by atoms with Gasteiger partial charge in [-0.2, -0.15) is 0 Å². The Labute approximate surface area is 224 Å². The van der Waals surface area contributed by atoms with E-state index >= 15 is 0 Å². The van der Waals surface area contributed by atoms with E-state index in [-0.39, 0.29) is 51.5 Å². The Morgan fingerprint density at radius 3 is 2.08 bits per heavy atom. The largest absolute Gasteiger partial charge is 0.274 e. The summed E-state index contributed by atoms with van der Waals surface area (Å²) in [6, 6.07) is 16.4. The number of hydrogen-bond acceptors (Lipinski definition) is 5. The van der Waals surface area contributed by atoms with E-state index in [1.54, 1.807) is 48.5 Å². The SMILES string of the molecule is CC(C)c1ccc(S(=O)(=O)n2c(CCCN3C(=O)c4ccccc4C3=O)nc3cc(Cl)c(Cl)cc32)cc1. The number of aryl methyl sites for hydroxylation is 1. The lowest BCUT2D eigenvalue weighted by molar-refractivity contribution is 0.0652. The minimum atomic E-state index is -4.03. The van der Waals surface area contributed by atoms with Gasteiger partial charge in [-0.3, -0.25) is 14.5 Å². The number of imide groups is 1. The van der Waals surface area contributed by atoms with Gasteiger partial charge in [0.05, 0.1) is 37.1 Å². The van der Waals surface area contributed by atoms with Crippen LogP contribution in [0.4, 0.5) is 0 Å². The maximum absolute atomic E-state index is 13.8. The summed E-state index contributed by atoms with van der Waals surface area (Å²) in [6.45, 7) is 4.19. The Kier molecular flexibility index (Phi) is 6.60. The highest BCUT2D eigenvalue weighted by molar-refractivity contribution is 7.90. The molecule has 2 amide bonds. The van der Waals surface area contributed by atoms with Gasteiger partial charge in [-0.1, -0.05) is 61.3 Å². The van der Waals surface area contributed by atoms with E-state index in [0.717, 1.165) is 5.56 Å². The molecule has 190 valence electrons. The molecule has 1 aliphatic heterocycles. The monoisotopic (exact) mass is 555 g/mol. The van der Waals surface area contributed by atoms with Gasteiger partial charge in [0.25, 0.3) is 21.8 Å². The number of nitrogens with zero attached hydrogens (tertiary/aromatic N) is 3. The fourth-order valence-corrected chi connectivity index (χ4v) is 6.32. The Morgan fingerprint density at radius 1 is 0.892 bits per heavy atom. The number of hydrogen-bond donors (Lipinski definition) is 0. The topological polar surface area (TPSA) is 89.3 Å². The van der Waals surface area contributed by atoms with Crippen molar-refractivity contribution in [3.63, 3.8) is 0 Å². The first-order valence-electron chi connectivity index (χ1n) is 11.8. The molecule has 0 saturated carbocycles. The van der Waals surface area contributed by atoms with Crippen LogP contribution in [-0.4, -0.2) is 40.6 Å². The molecule has 10 heteroatoms. The Bertz CT molecular complexity index is 1630. The van der Waals surface area contributed by atoms with Crippen molar-refractivity contribution >= 4 is 56.1 Å². The fraction of sp³-hybridized carbons (Fsp3) is 0.222. The van der Waals surface area contributed by atoms with Crippen LogP contribution in [0.15, 0.2) is 65.6 Å². The third-order valence-electron chi connectivity index (χ3n) is 6.47. The summed E-state index contributed by atoms with van der Waals surface area (Å²) in [6.07, 6.45) is 0.513. The van der Waals surface area contributed by atoms with Gasteiger partial charge in [0.1, 0.15) is 5.82 Å². The number of benzene rings is 3. The lowest BCUT2D eigenvalue weighted by atomic mass is 10.0. The number of aromatic nitrogens is 2. The molecule has 37 heavy (non-hydrogen) atoms. The quantitative estimate of drug-likeness (QED) is 0.263. The van der Waals surface area contributed by atoms with Gasteiger partial charge in [-0.15, -0.1) is 0 Å². The number of amides is 2. The molecule has 0 radical (unpaired) electrons. The molecule has 5 rings (SSSR count). The van der Waals surface area contributed by atoms with Crippen molar-refractivity contribution in [3.8, 4) is 0 Å². The van der Waals surface area contributed by atoms with Gasteiger partial charge in [-0.25, -0.2) is 17.4 Å². The molecule has 2 heterocycles. The molecule has 7 nitrogen and oxygen atoms in total. The number of fused-ring (bicyclic) bond motifs is 2. The van der Waals surface area contributed by atoms with Crippen molar-refractivity contribution in [2.24, 2.45) is 0 Å². The highest BCUT2D eigenvalue weighted by atomic mass is 35.5. The normalized spacial score (nSPS) is 13.7. The maximum atomic E-state index is 13.8. The summed E-state index contributed by atoms with van der Waals surface area (Å²) < 4.78 is 28.8. The molecular weight excluding hydrogens is 533 g/mol. The van der Waals surface area contributed by atoms with Crippen LogP contribution in [0.2, 0.25) is 10.0 Å². The smallest absolute Gasteiger partial charge is 0.269 e. The number of imidazole rings is 1. The Balaban J connectivity index is 1.49. The summed E-state index contributed by atoms with van der Waals surface area (Å²) in [5.74, 6) is -0.196. The third kappa shape index (κ3) is 4.43. The molecule has 0 saturated heterocycles. The van der Waals surface area contributed by atoms with Crippen LogP contribution < -0.4 is 0 Å². The van der Waals surface area contributed by atoms with Crippen LogP contribution in [0, 0.1) is 0 Å². The van der Waals surface area contributed by atoms with Gasteiger partial charge in [0, 0.05) is 13.0 Å². The molecule has 1 aromatic heterocycles. The van der Waals surface area contributed by atoms with Gasteiger partial charge in [-0.05, 0) is 54.3 Å². The van der Waals surface area contributed by atoms with E-state index in [1.807, 2.05) is 13.8 Å². The predicted molar refractivity (Wildman–Crippen MR) is 143 cm³/mol. The van der Waals surface area contributed by atoms with Crippen LogP contribution in [0.25, 0.3) is 11.0 Å². The zero-order valence-corrected chi connectivity index (χ0v) is 22.4. The average molecular weight is 556 g/mol. The van der Waals surface area contributed by atoms with E-state index in [1.165, 1.54) is 21.0 Å². The number of carbonyl (C=O) groups is 2. The highest BCUT2D eigenvalue weighted by Crippen LogP contribution is 2.32. The van der Waals surface area contributed by atoms with Crippen molar-refractivity contribution in [2.75, 3.05) is 6.54 Å². The van der Waals surface area contributed by atoms with Crippen LogP contribution in [-0.2, 0) is 16.4 Å². The Morgan fingerprint density at radius 2 is 1.49 bits per heavy atom. The van der Waals surface area contributed by atoms with Crippen molar-refractivity contribution in [1.29, 1.82) is 0 Å². The van der Waals surface area contributed by atoms with Crippen molar-refractivity contribution in [3.05, 3.63) is 93.2 Å². The molecule has 0 atom stereocenters. The lowest BCUT2D eigenvalue weighted by Crippen LogP contribution is -2.31. The molecule has 0 spiro atoms. The predicted octanol–water partition coefficient (Wildman–Crippen LogP) is 5.93. The second-order valence-corrected chi connectivity index (χ2v) is 11.8. The summed E-state index contributed by atoms with van der Waals surface area (Å²) >= 11 is 12.4. The zero-order valence-electron chi connectivity index (χ0n) is 20.1. The standard InChI is InChI=1S/C27H23Cl2N3O4S/c1-16(2)17-9-11-18(12-10-17)37(35,36)32-24-15-22(29)21(28)14-23(24)30-25(32)8-5-13-31-26(33)19-6-3-4-7-20(19)27(31)34/h3-4,6-7,9-12,14-16H,5,8,13H2,1-2H3. The molecule has 3 aromatic carbocycles. The minimum absolute atomic E-state index is 0.115. The van der Waals surface area contributed by atoms with Gasteiger partial charge >= 0.3 is 0 Å². The number of carbonyl (C=O) groups excluding carboxylic acids is 2. The highest BCUT2D eigenvalue weighted by Gasteiger charge is 2.35. The first-order chi connectivity index (χ1) is 17.6. The second-order valence-electron chi connectivity index (χ2n) is 9.19. The van der Waals surface area contributed by atoms with Crippen LogP contribution in [0.5, 0.6) is 0 Å². The average Bonchev–Trinajstić information content (AvgIpc) is 3.34. The third-order valence-corrected chi connectivity index (χ3v) is 8.94. The minimum Gasteiger partial charge on any atom is -0.274 e. The zero-order chi connectivity index (χ0) is 26.5. The van der Waals surface area contributed by atoms with Gasteiger partial charge < -0.3 is 0 Å². The van der Waals surface area contributed by atoms with E-state index < -0.39 is 10.0 Å². The van der Waals surface area contributed by atoms with Crippen molar-refractivity contribution in [2.45, 2.75) is 37.5 Å². The lowest BCUT2D eigenvalue weighted by Gasteiger charge is -2.15. The summed E-state index contributed by atoms with van der Waals surface area (Å²) in [4.78, 5) is 31.3. The van der Waals surface area contributed by atoms with Gasteiger partial charge in [0.15, 0.2) is 0 Å². The molecule has 0 fully saturated rings. The summed E-state index contributed by atoms with van der Waals surface area (Å²) in [5, 5.41) is 0.466. The van der Waals surface area contributed by atoms with Gasteiger partial charge in [0.2, 0.25) is 0 Å². The van der Waals surface area contributed by atoms with Crippen molar-refractivity contribution in [1.82, 2.24) is 13.9 Å².